The lowest BCUT2D eigenvalue weighted by molar-refractivity contribution is 0.310. The summed E-state index contributed by atoms with van der Waals surface area (Å²) in [5.74, 6) is 0.970. The molecule has 1 N–H and O–H groups in total. The minimum atomic E-state index is 0.285. The molecule has 0 saturated heterocycles. The van der Waals surface area contributed by atoms with Crippen LogP contribution in [0.4, 0.5) is 0 Å². The molecule has 0 spiro atoms. The average Bonchev–Trinajstić information content (AvgIpc) is 2.79. The molecular weight excluding hydrogens is 280 g/mol. The molecule has 0 fully saturated rings. The Morgan fingerprint density at radius 1 is 1.11 bits per heavy atom. The molecular formula is C15H11ClO2S. The van der Waals surface area contributed by atoms with E-state index in [2.05, 4.69) is 6.07 Å². The van der Waals surface area contributed by atoms with Gasteiger partial charge in [0.1, 0.15) is 18.1 Å². The first-order valence-corrected chi connectivity index (χ1v) is 7.00. The molecule has 0 aliphatic carbocycles. The number of para-hydroxylation sites is 1. The molecule has 2 aromatic carbocycles. The Labute approximate surface area is 119 Å². The van der Waals surface area contributed by atoms with Crippen LogP contribution in [0.15, 0.2) is 48.5 Å². The highest BCUT2D eigenvalue weighted by Crippen LogP contribution is 2.30. The number of benzene rings is 2. The van der Waals surface area contributed by atoms with Crippen LogP contribution in [0.25, 0.3) is 10.1 Å². The number of ether oxygens (including phenoxy) is 1. The van der Waals surface area contributed by atoms with Crippen LogP contribution in [-0.4, -0.2) is 5.11 Å². The van der Waals surface area contributed by atoms with Gasteiger partial charge in [-0.1, -0.05) is 23.7 Å². The number of hydrogen-bond acceptors (Lipinski definition) is 3. The second-order valence-electron chi connectivity index (χ2n) is 4.15. The van der Waals surface area contributed by atoms with Gasteiger partial charge in [0, 0.05) is 9.58 Å². The lowest BCUT2D eigenvalue weighted by atomic mass is 10.2. The molecule has 0 aliphatic rings. The van der Waals surface area contributed by atoms with Crippen molar-refractivity contribution in [3.63, 3.8) is 0 Å². The van der Waals surface area contributed by atoms with E-state index >= 15 is 0 Å². The van der Waals surface area contributed by atoms with Crippen molar-refractivity contribution >= 4 is 33.0 Å². The Morgan fingerprint density at radius 2 is 1.95 bits per heavy atom. The van der Waals surface area contributed by atoms with Crippen LogP contribution in [0.5, 0.6) is 11.5 Å². The smallest absolute Gasteiger partial charge is 0.138 e. The lowest BCUT2D eigenvalue weighted by Crippen LogP contribution is -1.92. The van der Waals surface area contributed by atoms with E-state index in [1.807, 2.05) is 24.3 Å². The van der Waals surface area contributed by atoms with Crippen LogP contribution in [0.3, 0.4) is 0 Å². The minimum Gasteiger partial charge on any atom is -0.508 e. The molecule has 0 bridgehead atoms. The van der Waals surface area contributed by atoms with Gasteiger partial charge in [0.2, 0.25) is 0 Å². The maximum atomic E-state index is 9.44. The van der Waals surface area contributed by atoms with Gasteiger partial charge in [-0.25, -0.2) is 0 Å². The van der Waals surface area contributed by atoms with E-state index in [0.29, 0.717) is 17.4 Å². The summed E-state index contributed by atoms with van der Waals surface area (Å²) in [5.41, 5.74) is 0. The number of phenolic OH excluding ortho intramolecular Hbond substituents is 1. The summed E-state index contributed by atoms with van der Waals surface area (Å²) < 4.78 is 6.75. The second kappa shape index (κ2) is 5.11. The Balaban J connectivity index is 1.80. The Hall–Kier alpha value is -1.71. The molecule has 1 heterocycles. The fourth-order valence-corrected chi connectivity index (χ4v) is 3.06. The fraction of sp³-hybridized carbons (Fsp3) is 0.0667. The molecule has 4 heteroatoms. The topological polar surface area (TPSA) is 29.5 Å². The largest absolute Gasteiger partial charge is 0.508 e. The van der Waals surface area contributed by atoms with Crippen LogP contribution in [0.1, 0.15) is 4.88 Å². The number of aromatic hydroxyl groups is 1. The molecule has 19 heavy (non-hydrogen) atoms. The third kappa shape index (κ3) is 2.67. The summed E-state index contributed by atoms with van der Waals surface area (Å²) in [6.45, 7) is 0.476. The summed E-state index contributed by atoms with van der Waals surface area (Å²) in [7, 11) is 0. The highest BCUT2D eigenvalue weighted by molar-refractivity contribution is 7.19. The Bertz CT molecular complexity index is 721. The van der Waals surface area contributed by atoms with E-state index in [1.165, 1.54) is 0 Å². The third-order valence-electron chi connectivity index (χ3n) is 2.76. The molecule has 3 rings (SSSR count). The summed E-state index contributed by atoms with van der Waals surface area (Å²) in [4.78, 5) is 1.10. The average molecular weight is 291 g/mol. The van der Waals surface area contributed by atoms with E-state index in [9.17, 15) is 5.11 Å². The normalized spacial score (nSPS) is 10.8. The number of rotatable bonds is 3. The van der Waals surface area contributed by atoms with Crippen LogP contribution < -0.4 is 4.74 Å². The Morgan fingerprint density at radius 3 is 2.79 bits per heavy atom. The zero-order valence-corrected chi connectivity index (χ0v) is 11.5. The molecule has 0 unspecified atom stereocenters. The highest BCUT2D eigenvalue weighted by atomic mass is 35.5. The first-order valence-electron chi connectivity index (χ1n) is 5.81. The van der Waals surface area contributed by atoms with Crippen LogP contribution in [-0.2, 0) is 6.61 Å². The zero-order valence-electron chi connectivity index (χ0n) is 9.97. The molecule has 96 valence electrons. The van der Waals surface area contributed by atoms with Gasteiger partial charge in [-0.3, -0.25) is 0 Å². The predicted octanol–water partition coefficient (Wildman–Crippen LogP) is 4.84. The molecule has 0 saturated carbocycles. The van der Waals surface area contributed by atoms with Crippen molar-refractivity contribution in [2.24, 2.45) is 0 Å². The van der Waals surface area contributed by atoms with Crippen molar-refractivity contribution in [2.75, 3.05) is 0 Å². The van der Waals surface area contributed by atoms with Crippen molar-refractivity contribution in [2.45, 2.75) is 6.61 Å². The predicted molar refractivity (Wildman–Crippen MR) is 79.3 cm³/mol. The van der Waals surface area contributed by atoms with Gasteiger partial charge in [-0.05, 0) is 41.8 Å². The summed E-state index contributed by atoms with van der Waals surface area (Å²) in [6.07, 6.45) is 0. The fourth-order valence-electron chi connectivity index (χ4n) is 1.86. The maximum absolute atomic E-state index is 9.44. The maximum Gasteiger partial charge on any atom is 0.138 e. The van der Waals surface area contributed by atoms with Gasteiger partial charge in [0.25, 0.3) is 0 Å². The van der Waals surface area contributed by atoms with Gasteiger partial charge in [-0.2, -0.15) is 0 Å². The van der Waals surface area contributed by atoms with E-state index in [0.717, 1.165) is 15.0 Å². The van der Waals surface area contributed by atoms with Crippen molar-refractivity contribution in [3.8, 4) is 11.5 Å². The molecule has 0 atom stereocenters. The van der Waals surface area contributed by atoms with E-state index in [-0.39, 0.29) is 5.75 Å². The zero-order chi connectivity index (χ0) is 13.2. The molecule has 2 nitrogen and oxygen atoms in total. The van der Waals surface area contributed by atoms with Gasteiger partial charge in [0.15, 0.2) is 0 Å². The van der Waals surface area contributed by atoms with Gasteiger partial charge < -0.3 is 9.84 Å². The van der Waals surface area contributed by atoms with Crippen LogP contribution in [0, 0.1) is 0 Å². The first-order chi connectivity index (χ1) is 9.22. The summed E-state index contributed by atoms with van der Waals surface area (Å²) in [5, 5.41) is 11.2. The summed E-state index contributed by atoms with van der Waals surface area (Å²) >= 11 is 7.64. The van der Waals surface area contributed by atoms with E-state index in [1.54, 1.807) is 29.5 Å². The first kappa shape index (κ1) is 12.3. The molecule has 0 aliphatic heterocycles. The highest BCUT2D eigenvalue weighted by Gasteiger charge is 2.05. The van der Waals surface area contributed by atoms with Crippen molar-refractivity contribution in [1.29, 1.82) is 0 Å². The van der Waals surface area contributed by atoms with Gasteiger partial charge in [-0.15, -0.1) is 11.3 Å². The molecule has 3 aromatic rings. The third-order valence-corrected chi connectivity index (χ3v) is 4.14. The second-order valence-corrected chi connectivity index (χ2v) is 5.73. The van der Waals surface area contributed by atoms with Gasteiger partial charge >= 0.3 is 0 Å². The number of thiophene rings is 1. The van der Waals surface area contributed by atoms with Crippen molar-refractivity contribution in [3.05, 3.63) is 58.4 Å². The minimum absolute atomic E-state index is 0.285. The molecule has 0 radical (unpaired) electrons. The number of phenols is 1. The standard InChI is InChI=1S/C15H11ClO2S/c16-13-3-1-2-4-14(13)18-9-12-7-10-5-6-11(17)8-15(10)19-12/h1-8,17H,9H2. The van der Waals surface area contributed by atoms with Crippen molar-refractivity contribution < 1.29 is 9.84 Å². The Kier molecular flexibility index (Phi) is 3.32. The number of hydrogen-bond donors (Lipinski definition) is 1. The quantitative estimate of drug-likeness (QED) is 0.748. The van der Waals surface area contributed by atoms with Crippen LogP contribution in [0.2, 0.25) is 5.02 Å². The number of halogens is 1. The monoisotopic (exact) mass is 290 g/mol. The van der Waals surface area contributed by atoms with Crippen molar-refractivity contribution in [1.82, 2.24) is 0 Å². The van der Waals surface area contributed by atoms with E-state index < -0.39 is 0 Å². The summed E-state index contributed by atoms with van der Waals surface area (Å²) in [6, 6.07) is 14.8. The number of fused-ring (bicyclic) bond motifs is 1. The lowest BCUT2D eigenvalue weighted by Gasteiger charge is -2.05. The van der Waals surface area contributed by atoms with Crippen LogP contribution >= 0.6 is 22.9 Å². The van der Waals surface area contributed by atoms with E-state index in [4.69, 9.17) is 16.3 Å². The molecule has 1 aromatic heterocycles. The SMILES string of the molecule is Oc1ccc2cc(COc3ccccc3Cl)sc2c1. The molecule has 0 amide bonds. The van der Waals surface area contributed by atoms with Gasteiger partial charge in [0.05, 0.1) is 5.02 Å².